The second kappa shape index (κ2) is 5.30. The molecule has 1 aromatic carbocycles. The fourth-order valence-electron chi connectivity index (χ4n) is 2.27. The van der Waals surface area contributed by atoms with E-state index in [1.807, 2.05) is 0 Å². The zero-order valence-electron chi connectivity index (χ0n) is 11.1. The highest BCUT2D eigenvalue weighted by molar-refractivity contribution is 5.94. The third-order valence-electron chi connectivity index (χ3n) is 3.46. The van der Waals surface area contributed by atoms with E-state index in [2.05, 4.69) is 5.32 Å². The van der Waals surface area contributed by atoms with Gasteiger partial charge < -0.3 is 24.6 Å². The van der Waals surface area contributed by atoms with Gasteiger partial charge in [-0.1, -0.05) is 0 Å². The van der Waals surface area contributed by atoms with E-state index >= 15 is 0 Å². The Morgan fingerprint density at radius 3 is 2.80 bits per heavy atom. The van der Waals surface area contributed by atoms with Crippen LogP contribution in [0.4, 0.5) is 0 Å². The molecule has 1 amide bonds. The SMILES string of the molecule is O=C(NCC1(O)CCOC1)c1ccc2c(c1)OCCO2. The van der Waals surface area contributed by atoms with Crippen molar-refractivity contribution in [3.05, 3.63) is 23.8 Å². The normalized spacial score (nSPS) is 24.4. The molecule has 6 nitrogen and oxygen atoms in total. The number of hydrogen-bond acceptors (Lipinski definition) is 5. The van der Waals surface area contributed by atoms with Crippen LogP contribution in [0.5, 0.6) is 11.5 Å². The Morgan fingerprint density at radius 2 is 2.05 bits per heavy atom. The lowest BCUT2D eigenvalue weighted by molar-refractivity contribution is 0.0264. The summed E-state index contributed by atoms with van der Waals surface area (Å²) in [6.07, 6.45) is 0.536. The van der Waals surface area contributed by atoms with Crippen LogP contribution in [0, 0.1) is 0 Å². The fourth-order valence-corrected chi connectivity index (χ4v) is 2.27. The maximum Gasteiger partial charge on any atom is 0.251 e. The molecule has 2 aliphatic heterocycles. The Kier molecular flexibility index (Phi) is 3.50. The van der Waals surface area contributed by atoms with Crippen LogP contribution in [0.3, 0.4) is 0 Å². The van der Waals surface area contributed by atoms with E-state index in [1.54, 1.807) is 18.2 Å². The molecule has 1 atom stereocenters. The van der Waals surface area contributed by atoms with Gasteiger partial charge in [-0.2, -0.15) is 0 Å². The van der Waals surface area contributed by atoms with Crippen LogP contribution >= 0.6 is 0 Å². The highest BCUT2D eigenvalue weighted by Crippen LogP contribution is 2.30. The summed E-state index contributed by atoms with van der Waals surface area (Å²) in [4.78, 5) is 12.1. The lowest BCUT2D eigenvalue weighted by Gasteiger charge is -2.21. The first-order chi connectivity index (χ1) is 9.66. The smallest absolute Gasteiger partial charge is 0.251 e. The Bertz CT molecular complexity index is 510. The molecule has 0 bridgehead atoms. The van der Waals surface area contributed by atoms with Crippen molar-refractivity contribution in [1.82, 2.24) is 5.32 Å². The summed E-state index contributed by atoms with van der Waals surface area (Å²) in [6, 6.07) is 5.05. The van der Waals surface area contributed by atoms with Crippen LogP contribution in [0.25, 0.3) is 0 Å². The second-order valence-electron chi connectivity index (χ2n) is 5.07. The van der Waals surface area contributed by atoms with Crippen molar-refractivity contribution in [3.63, 3.8) is 0 Å². The summed E-state index contributed by atoms with van der Waals surface area (Å²) in [5.74, 6) is 0.977. The zero-order chi connectivity index (χ0) is 14.0. The lowest BCUT2D eigenvalue weighted by Crippen LogP contribution is -2.43. The molecule has 2 aliphatic rings. The van der Waals surface area contributed by atoms with Crippen molar-refractivity contribution < 1.29 is 24.1 Å². The number of aliphatic hydroxyl groups is 1. The van der Waals surface area contributed by atoms with Gasteiger partial charge in [-0.3, -0.25) is 4.79 Å². The Balaban J connectivity index is 1.65. The van der Waals surface area contributed by atoms with Gasteiger partial charge in [-0.05, 0) is 18.2 Å². The average Bonchev–Trinajstić information content (AvgIpc) is 2.91. The monoisotopic (exact) mass is 279 g/mol. The van der Waals surface area contributed by atoms with Gasteiger partial charge in [0.1, 0.15) is 18.8 Å². The predicted molar refractivity (Wildman–Crippen MR) is 70.2 cm³/mol. The van der Waals surface area contributed by atoms with E-state index in [-0.39, 0.29) is 19.1 Å². The number of amides is 1. The minimum Gasteiger partial charge on any atom is -0.486 e. The average molecular weight is 279 g/mol. The van der Waals surface area contributed by atoms with Gasteiger partial charge in [0.2, 0.25) is 0 Å². The molecule has 0 radical (unpaired) electrons. The minimum atomic E-state index is -0.955. The van der Waals surface area contributed by atoms with Crippen molar-refractivity contribution in [2.75, 3.05) is 33.0 Å². The minimum absolute atomic E-state index is 0.181. The third-order valence-corrected chi connectivity index (χ3v) is 3.46. The maximum absolute atomic E-state index is 12.1. The third kappa shape index (κ3) is 2.71. The first kappa shape index (κ1) is 13.2. The molecule has 0 spiro atoms. The topological polar surface area (TPSA) is 77.0 Å². The molecule has 1 fully saturated rings. The number of rotatable bonds is 3. The molecule has 2 N–H and O–H groups in total. The van der Waals surface area contributed by atoms with Crippen LogP contribution in [0.15, 0.2) is 18.2 Å². The molecule has 0 saturated carbocycles. The highest BCUT2D eigenvalue weighted by Gasteiger charge is 2.32. The quantitative estimate of drug-likeness (QED) is 0.834. The van der Waals surface area contributed by atoms with Gasteiger partial charge in [0.15, 0.2) is 11.5 Å². The Labute approximate surface area is 116 Å². The molecule has 0 aromatic heterocycles. The summed E-state index contributed by atoms with van der Waals surface area (Å²) in [5, 5.41) is 12.8. The van der Waals surface area contributed by atoms with Crippen molar-refractivity contribution in [2.45, 2.75) is 12.0 Å². The van der Waals surface area contributed by atoms with E-state index in [4.69, 9.17) is 14.2 Å². The summed E-state index contributed by atoms with van der Waals surface area (Å²) >= 11 is 0. The largest absolute Gasteiger partial charge is 0.486 e. The number of ether oxygens (including phenoxy) is 3. The summed E-state index contributed by atoms with van der Waals surface area (Å²) in [6.45, 7) is 1.96. The molecule has 2 heterocycles. The molecule has 3 rings (SSSR count). The zero-order valence-corrected chi connectivity index (χ0v) is 11.1. The first-order valence-corrected chi connectivity index (χ1v) is 6.64. The predicted octanol–water partition coefficient (Wildman–Crippen LogP) is 0.339. The standard InChI is InChI=1S/C14H17NO5/c16-13(15-8-14(17)3-4-18-9-14)10-1-2-11-12(7-10)20-6-5-19-11/h1-2,7,17H,3-6,8-9H2,(H,15,16). The maximum atomic E-state index is 12.1. The number of nitrogens with one attached hydrogen (secondary N) is 1. The van der Waals surface area contributed by atoms with Gasteiger partial charge in [-0.25, -0.2) is 0 Å². The molecule has 1 aromatic rings. The number of fused-ring (bicyclic) bond motifs is 1. The fraction of sp³-hybridized carbons (Fsp3) is 0.500. The number of benzene rings is 1. The van der Waals surface area contributed by atoms with Gasteiger partial charge >= 0.3 is 0 Å². The van der Waals surface area contributed by atoms with Crippen LogP contribution in [0.1, 0.15) is 16.8 Å². The Hall–Kier alpha value is -1.79. The van der Waals surface area contributed by atoms with Crippen molar-refractivity contribution in [2.24, 2.45) is 0 Å². The van der Waals surface area contributed by atoms with Crippen molar-refractivity contribution in [3.8, 4) is 11.5 Å². The molecule has 20 heavy (non-hydrogen) atoms. The Morgan fingerprint density at radius 1 is 1.25 bits per heavy atom. The van der Waals surface area contributed by atoms with Gasteiger partial charge in [0.25, 0.3) is 5.91 Å². The molecule has 6 heteroatoms. The molecular formula is C14H17NO5. The molecule has 1 unspecified atom stereocenters. The van der Waals surface area contributed by atoms with Gasteiger partial charge in [0.05, 0.1) is 6.61 Å². The van der Waals surface area contributed by atoms with E-state index in [1.165, 1.54) is 0 Å². The van der Waals surface area contributed by atoms with Crippen LogP contribution in [-0.4, -0.2) is 49.6 Å². The van der Waals surface area contributed by atoms with Crippen molar-refractivity contribution in [1.29, 1.82) is 0 Å². The van der Waals surface area contributed by atoms with E-state index in [0.29, 0.717) is 43.3 Å². The summed E-state index contributed by atoms with van der Waals surface area (Å²) in [5.41, 5.74) is -0.472. The molecule has 108 valence electrons. The number of hydrogen-bond donors (Lipinski definition) is 2. The summed E-state index contributed by atoms with van der Waals surface area (Å²) < 4.78 is 16.0. The highest BCUT2D eigenvalue weighted by atomic mass is 16.6. The summed E-state index contributed by atoms with van der Waals surface area (Å²) in [7, 11) is 0. The van der Waals surface area contributed by atoms with Crippen molar-refractivity contribution >= 4 is 5.91 Å². The van der Waals surface area contributed by atoms with E-state index < -0.39 is 5.60 Å². The second-order valence-corrected chi connectivity index (χ2v) is 5.07. The van der Waals surface area contributed by atoms with Gasteiger partial charge in [-0.15, -0.1) is 0 Å². The lowest BCUT2D eigenvalue weighted by atomic mass is 10.0. The molecule has 0 aliphatic carbocycles. The van der Waals surface area contributed by atoms with E-state index in [0.717, 1.165) is 0 Å². The number of carbonyl (C=O) groups is 1. The van der Waals surface area contributed by atoms with E-state index in [9.17, 15) is 9.90 Å². The molecular weight excluding hydrogens is 262 g/mol. The molecule has 1 saturated heterocycles. The van der Waals surface area contributed by atoms with Crippen LogP contribution in [-0.2, 0) is 4.74 Å². The van der Waals surface area contributed by atoms with Gasteiger partial charge in [0, 0.05) is 25.1 Å². The van der Waals surface area contributed by atoms with Crippen LogP contribution < -0.4 is 14.8 Å². The first-order valence-electron chi connectivity index (χ1n) is 6.64. The van der Waals surface area contributed by atoms with Crippen LogP contribution in [0.2, 0.25) is 0 Å². The number of carbonyl (C=O) groups excluding carboxylic acids is 1.